The van der Waals surface area contributed by atoms with Gasteiger partial charge in [-0.2, -0.15) is 0 Å². The Morgan fingerprint density at radius 1 is 1.20 bits per heavy atom. The van der Waals surface area contributed by atoms with Crippen LogP contribution >= 0.6 is 0 Å². The Balaban J connectivity index is 1.65. The lowest BCUT2D eigenvalue weighted by Gasteiger charge is -2.18. The van der Waals surface area contributed by atoms with Crippen LogP contribution in [0.4, 0.5) is 15.4 Å². The molecule has 0 aliphatic heterocycles. The normalized spacial score (nSPS) is 10.9. The maximum atomic E-state index is 12.1. The molecule has 0 atom stereocenters. The largest absolute Gasteiger partial charge is 0.464 e. The number of fused-ring (bicyclic) bond motifs is 1. The van der Waals surface area contributed by atoms with Gasteiger partial charge < -0.3 is 20.1 Å². The highest BCUT2D eigenvalue weighted by atomic mass is 16.5. The molecule has 0 aliphatic rings. The van der Waals surface area contributed by atoms with E-state index in [1.165, 1.54) is 18.6 Å². The SMILES string of the molecule is CCN(CC)CCNC(=O)Nc1cc(Oc2cccc3c2ccn3C(=O)O)ncn1. The van der Waals surface area contributed by atoms with E-state index in [2.05, 4.69) is 39.3 Å². The van der Waals surface area contributed by atoms with E-state index in [-0.39, 0.29) is 17.7 Å². The standard InChI is InChI=1S/C20H24N6O4/c1-3-25(4-2)11-9-21-19(27)24-17-12-18(23-13-22-17)30-16-7-5-6-15-14(16)8-10-26(15)20(28)29/h5-8,10,12-13H,3-4,9,11H2,1-2H3,(H,28,29)(H2,21,22,23,24,27). The number of benzene rings is 1. The molecule has 0 unspecified atom stereocenters. The highest BCUT2D eigenvalue weighted by molar-refractivity contribution is 5.93. The van der Waals surface area contributed by atoms with Crippen molar-refractivity contribution in [3.8, 4) is 11.6 Å². The number of likely N-dealkylation sites (N-methyl/N-ethyl adjacent to an activating group) is 1. The summed E-state index contributed by atoms with van der Waals surface area (Å²) >= 11 is 0. The maximum Gasteiger partial charge on any atom is 0.416 e. The molecule has 0 saturated heterocycles. The minimum atomic E-state index is -1.08. The fourth-order valence-electron chi connectivity index (χ4n) is 3.00. The average Bonchev–Trinajstić information content (AvgIpc) is 3.17. The van der Waals surface area contributed by atoms with Crippen LogP contribution in [0.15, 0.2) is 42.9 Å². The van der Waals surface area contributed by atoms with Gasteiger partial charge in [-0.25, -0.2) is 19.6 Å². The van der Waals surface area contributed by atoms with E-state index < -0.39 is 6.09 Å². The van der Waals surface area contributed by atoms with Gasteiger partial charge in [0.05, 0.1) is 5.52 Å². The summed E-state index contributed by atoms with van der Waals surface area (Å²) in [6, 6.07) is 7.88. The molecule has 3 N–H and O–H groups in total. The van der Waals surface area contributed by atoms with Crippen molar-refractivity contribution >= 4 is 28.8 Å². The van der Waals surface area contributed by atoms with Gasteiger partial charge >= 0.3 is 12.1 Å². The first-order chi connectivity index (χ1) is 14.5. The Morgan fingerprint density at radius 3 is 2.73 bits per heavy atom. The molecule has 30 heavy (non-hydrogen) atoms. The fraction of sp³-hybridized carbons (Fsp3) is 0.300. The summed E-state index contributed by atoms with van der Waals surface area (Å²) in [4.78, 5) is 33.7. The van der Waals surface area contributed by atoms with Crippen molar-refractivity contribution in [1.82, 2.24) is 24.8 Å². The highest BCUT2D eigenvalue weighted by Gasteiger charge is 2.12. The van der Waals surface area contributed by atoms with Gasteiger partial charge in [0, 0.05) is 30.7 Å². The number of nitrogens with zero attached hydrogens (tertiary/aromatic N) is 4. The van der Waals surface area contributed by atoms with Crippen LogP contribution in [0.25, 0.3) is 10.9 Å². The molecule has 2 heterocycles. The monoisotopic (exact) mass is 412 g/mol. The van der Waals surface area contributed by atoms with E-state index in [1.54, 1.807) is 24.3 Å². The van der Waals surface area contributed by atoms with Gasteiger partial charge in [-0.05, 0) is 31.3 Å². The van der Waals surface area contributed by atoms with Crippen LogP contribution in [0.3, 0.4) is 0 Å². The van der Waals surface area contributed by atoms with E-state index in [0.717, 1.165) is 24.2 Å². The van der Waals surface area contributed by atoms with Crippen molar-refractivity contribution in [1.29, 1.82) is 0 Å². The molecular formula is C20H24N6O4. The van der Waals surface area contributed by atoms with Crippen molar-refractivity contribution in [2.45, 2.75) is 13.8 Å². The topological polar surface area (TPSA) is 122 Å². The fourth-order valence-corrected chi connectivity index (χ4v) is 3.00. The van der Waals surface area contributed by atoms with Crippen LogP contribution < -0.4 is 15.4 Å². The molecule has 2 amide bonds. The zero-order valence-electron chi connectivity index (χ0n) is 16.8. The summed E-state index contributed by atoms with van der Waals surface area (Å²) in [6.07, 6.45) is 1.65. The Bertz CT molecular complexity index is 1030. The highest BCUT2D eigenvalue weighted by Crippen LogP contribution is 2.30. The molecule has 2 aromatic heterocycles. The Hall–Kier alpha value is -3.66. The lowest BCUT2D eigenvalue weighted by Crippen LogP contribution is -2.37. The number of rotatable bonds is 8. The van der Waals surface area contributed by atoms with Crippen molar-refractivity contribution < 1.29 is 19.4 Å². The number of ether oxygens (including phenoxy) is 1. The summed E-state index contributed by atoms with van der Waals surface area (Å²) in [5.41, 5.74) is 0.500. The van der Waals surface area contributed by atoms with E-state index >= 15 is 0 Å². The number of carbonyl (C=O) groups is 2. The molecule has 10 heteroatoms. The quantitative estimate of drug-likeness (QED) is 0.519. The van der Waals surface area contributed by atoms with Crippen LogP contribution in [-0.2, 0) is 0 Å². The molecule has 0 aliphatic carbocycles. The zero-order valence-corrected chi connectivity index (χ0v) is 16.8. The van der Waals surface area contributed by atoms with Gasteiger partial charge in [0.25, 0.3) is 0 Å². The number of amides is 2. The molecule has 3 rings (SSSR count). The van der Waals surface area contributed by atoms with Crippen molar-refractivity contribution in [2.24, 2.45) is 0 Å². The lowest BCUT2D eigenvalue weighted by atomic mass is 10.2. The average molecular weight is 412 g/mol. The van der Waals surface area contributed by atoms with Crippen LogP contribution in [0.2, 0.25) is 0 Å². The van der Waals surface area contributed by atoms with Gasteiger partial charge in [-0.1, -0.05) is 19.9 Å². The van der Waals surface area contributed by atoms with Gasteiger partial charge in [-0.3, -0.25) is 9.88 Å². The maximum absolute atomic E-state index is 12.1. The smallest absolute Gasteiger partial charge is 0.416 e. The van der Waals surface area contributed by atoms with Gasteiger partial charge in [-0.15, -0.1) is 0 Å². The molecule has 10 nitrogen and oxygen atoms in total. The number of anilines is 1. The minimum Gasteiger partial charge on any atom is -0.464 e. The molecule has 0 radical (unpaired) electrons. The van der Waals surface area contributed by atoms with E-state index in [9.17, 15) is 14.7 Å². The molecule has 1 aromatic carbocycles. The number of urea groups is 1. The molecule has 0 saturated carbocycles. The third kappa shape index (κ3) is 5.03. The second-order valence-electron chi connectivity index (χ2n) is 6.41. The third-order valence-corrected chi connectivity index (χ3v) is 4.61. The molecule has 0 fully saturated rings. The molecule has 3 aromatic rings. The van der Waals surface area contributed by atoms with Gasteiger partial charge in [0.15, 0.2) is 0 Å². The first-order valence-electron chi connectivity index (χ1n) is 9.62. The van der Waals surface area contributed by atoms with Crippen molar-refractivity contribution in [2.75, 3.05) is 31.5 Å². The van der Waals surface area contributed by atoms with Crippen LogP contribution in [0.5, 0.6) is 11.6 Å². The summed E-state index contributed by atoms with van der Waals surface area (Å²) in [7, 11) is 0. The summed E-state index contributed by atoms with van der Waals surface area (Å²) < 4.78 is 6.92. The lowest BCUT2D eigenvalue weighted by molar-refractivity contribution is 0.197. The number of aromatic nitrogens is 3. The number of hydrogen-bond donors (Lipinski definition) is 3. The molecule has 0 spiro atoms. The van der Waals surface area contributed by atoms with Crippen LogP contribution in [-0.4, -0.2) is 62.8 Å². The predicted octanol–water partition coefficient (Wildman–Crippen LogP) is 3.21. The van der Waals surface area contributed by atoms with E-state index in [1.807, 2.05) is 0 Å². The van der Waals surface area contributed by atoms with Crippen molar-refractivity contribution in [3.05, 3.63) is 42.9 Å². The minimum absolute atomic E-state index is 0.221. The number of nitrogens with one attached hydrogen (secondary N) is 2. The zero-order chi connectivity index (χ0) is 21.5. The molecule has 0 bridgehead atoms. The summed E-state index contributed by atoms with van der Waals surface area (Å²) in [5.74, 6) is 0.954. The second kappa shape index (κ2) is 9.70. The molecular weight excluding hydrogens is 388 g/mol. The first kappa shape index (κ1) is 21.1. The summed E-state index contributed by atoms with van der Waals surface area (Å²) in [6.45, 7) is 7.28. The Labute approximate surface area is 173 Å². The summed E-state index contributed by atoms with van der Waals surface area (Å²) in [5, 5.41) is 15.3. The second-order valence-corrected chi connectivity index (χ2v) is 6.41. The van der Waals surface area contributed by atoms with Crippen LogP contribution in [0.1, 0.15) is 13.8 Å². The van der Waals surface area contributed by atoms with Crippen LogP contribution in [0, 0.1) is 0 Å². The predicted molar refractivity (Wildman–Crippen MR) is 112 cm³/mol. The third-order valence-electron chi connectivity index (χ3n) is 4.61. The van der Waals surface area contributed by atoms with Crippen molar-refractivity contribution in [3.63, 3.8) is 0 Å². The Morgan fingerprint density at radius 2 is 2.00 bits per heavy atom. The van der Waals surface area contributed by atoms with Gasteiger partial charge in [0.2, 0.25) is 5.88 Å². The number of carbonyl (C=O) groups excluding carboxylic acids is 1. The number of hydrogen-bond acceptors (Lipinski definition) is 6. The van der Waals surface area contributed by atoms with Gasteiger partial charge in [0.1, 0.15) is 17.9 Å². The first-order valence-corrected chi connectivity index (χ1v) is 9.62. The molecule has 158 valence electrons. The Kier molecular flexibility index (Phi) is 6.81. The van der Waals surface area contributed by atoms with E-state index in [4.69, 9.17) is 4.74 Å². The van der Waals surface area contributed by atoms with E-state index in [0.29, 0.717) is 23.2 Å². The number of carboxylic acid groups (broad SMARTS) is 1.